The Bertz CT molecular complexity index is 701. The van der Waals surface area contributed by atoms with Gasteiger partial charge in [-0.3, -0.25) is 5.41 Å². The average Bonchev–Trinajstić information content (AvgIpc) is 2.55. The number of esters is 1. The molecule has 1 aliphatic rings. The van der Waals surface area contributed by atoms with E-state index in [1.165, 1.54) is 7.11 Å². The van der Waals surface area contributed by atoms with Gasteiger partial charge in [0.2, 0.25) is 5.90 Å². The number of hydrogen-bond donors (Lipinski definition) is 1. The second kappa shape index (κ2) is 7.75. The van der Waals surface area contributed by atoms with Crippen molar-refractivity contribution >= 4 is 11.9 Å². The van der Waals surface area contributed by atoms with E-state index in [4.69, 9.17) is 19.6 Å². The maximum Gasteiger partial charge on any atom is 0.338 e. The number of carbonyl (C=O) groups excluding carboxylic acids is 1. The van der Waals surface area contributed by atoms with Gasteiger partial charge in [-0.05, 0) is 19.4 Å². The molecule has 0 bridgehead atoms. The van der Waals surface area contributed by atoms with Crippen molar-refractivity contribution in [3.8, 4) is 6.07 Å². The fourth-order valence-electron chi connectivity index (χ4n) is 2.65. The summed E-state index contributed by atoms with van der Waals surface area (Å²) in [5.41, 5.74) is 2.12. The van der Waals surface area contributed by atoms with Crippen LogP contribution in [0.3, 0.4) is 0 Å². The Morgan fingerprint density at radius 3 is 2.54 bits per heavy atom. The van der Waals surface area contributed by atoms with Crippen LogP contribution < -0.4 is 0 Å². The SMILES string of the molecule is COCCOC(=O)C1=C(C)OC(=N)C(C#N)C1c1ccc(C)cc1. The average molecular weight is 328 g/mol. The predicted octanol–water partition coefficient (Wildman–Crippen LogP) is 2.69. The molecule has 1 N–H and O–H groups in total. The van der Waals surface area contributed by atoms with Gasteiger partial charge in [-0.15, -0.1) is 0 Å². The molecule has 1 aromatic rings. The number of aryl methyl sites for hydroxylation is 1. The van der Waals surface area contributed by atoms with E-state index >= 15 is 0 Å². The Morgan fingerprint density at radius 1 is 1.29 bits per heavy atom. The third-order valence-electron chi connectivity index (χ3n) is 3.89. The smallest absolute Gasteiger partial charge is 0.338 e. The van der Waals surface area contributed by atoms with Crippen molar-refractivity contribution in [3.63, 3.8) is 0 Å². The van der Waals surface area contributed by atoms with Crippen LogP contribution in [0, 0.1) is 29.6 Å². The highest BCUT2D eigenvalue weighted by Gasteiger charge is 2.41. The van der Waals surface area contributed by atoms with Crippen LogP contribution in [0.25, 0.3) is 0 Å². The van der Waals surface area contributed by atoms with Gasteiger partial charge in [0.1, 0.15) is 18.3 Å². The number of nitrogens with zero attached hydrogens (tertiary/aromatic N) is 1. The second-order valence-corrected chi connectivity index (χ2v) is 5.56. The lowest BCUT2D eigenvalue weighted by molar-refractivity contribution is -0.141. The molecule has 1 heterocycles. The Morgan fingerprint density at radius 2 is 1.96 bits per heavy atom. The maximum atomic E-state index is 12.5. The van der Waals surface area contributed by atoms with E-state index < -0.39 is 17.8 Å². The fourth-order valence-corrected chi connectivity index (χ4v) is 2.65. The summed E-state index contributed by atoms with van der Waals surface area (Å²) in [5.74, 6) is -1.88. The standard InChI is InChI=1S/C18H20N2O4/c1-11-4-6-13(7-5-11)16-14(10-19)17(20)24-12(2)15(16)18(21)23-9-8-22-3/h4-7,14,16,20H,8-9H2,1-3H3. The van der Waals surface area contributed by atoms with E-state index in [-0.39, 0.29) is 24.7 Å². The van der Waals surface area contributed by atoms with Crippen LogP contribution in [0.1, 0.15) is 24.0 Å². The van der Waals surface area contributed by atoms with Crippen molar-refractivity contribution in [1.29, 1.82) is 10.7 Å². The zero-order valence-corrected chi connectivity index (χ0v) is 14.0. The third kappa shape index (κ3) is 3.63. The molecule has 0 aliphatic carbocycles. The van der Waals surface area contributed by atoms with Gasteiger partial charge in [0, 0.05) is 13.0 Å². The molecule has 2 rings (SSSR count). The Balaban J connectivity index is 2.44. The second-order valence-electron chi connectivity index (χ2n) is 5.56. The van der Waals surface area contributed by atoms with Crippen molar-refractivity contribution < 1.29 is 19.0 Å². The molecular weight excluding hydrogens is 308 g/mol. The zero-order chi connectivity index (χ0) is 17.7. The number of nitrogens with one attached hydrogen (secondary N) is 1. The highest BCUT2D eigenvalue weighted by Crippen LogP contribution is 2.39. The van der Waals surface area contributed by atoms with E-state index in [1.54, 1.807) is 6.92 Å². The molecule has 2 atom stereocenters. The van der Waals surface area contributed by atoms with Crippen LogP contribution in [0.5, 0.6) is 0 Å². The molecule has 1 aromatic carbocycles. The summed E-state index contributed by atoms with van der Waals surface area (Å²) >= 11 is 0. The Hall–Kier alpha value is -2.65. The summed E-state index contributed by atoms with van der Waals surface area (Å²) in [6.07, 6.45) is 0. The van der Waals surface area contributed by atoms with E-state index in [1.807, 2.05) is 31.2 Å². The first-order chi connectivity index (χ1) is 11.5. The molecule has 6 heteroatoms. The number of rotatable bonds is 5. The molecule has 0 saturated carbocycles. The van der Waals surface area contributed by atoms with Gasteiger partial charge in [0.15, 0.2) is 0 Å². The summed E-state index contributed by atoms with van der Waals surface area (Å²) in [5, 5.41) is 17.4. The zero-order valence-electron chi connectivity index (χ0n) is 14.0. The van der Waals surface area contributed by atoms with E-state index in [2.05, 4.69) is 6.07 Å². The monoisotopic (exact) mass is 328 g/mol. The van der Waals surface area contributed by atoms with E-state index in [0.717, 1.165) is 11.1 Å². The molecule has 1 aliphatic heterocycles. The van der Waals surface area contributed by atoms with Gasteiger partial charge in [0.25, 0.3) is 0 Å². The number of ether oxygens (including phenoxy) is 3. The van der Waals surface area contributed by atoms with Crippen LogP contribution in [-0.4, -0.2) is 32.2 Å². The molecule has 0 aromatic heterocycles. The number of benzene rings is 1. The third-order valence-corrected chi connectivity index (χ3v) is 3.89. The first-order valence-electron chi connectivity index (χ1n) is 7.59. The molecule has 126 valence electrons. The van der Waals surface area contributed by atoms with Gasteiger partial charge in [-0.25, -0.2) is 4.79 Å². The van der Waals surface area contributed by atoms with Crippen molar-refractivity contribution in [2.45, 2.75) is 19.8 Å². The summed E-state index contributed by atoms with van der Waals surface area (Å²) in [6.45, 7) is 3.96. The lowest BCUT2D eigenvalue weighted by Crippen LogP contribution is -2.33. The van der Waals surface area contributed by atoms with E-state index in [9.17, 15) is 10.1 Å². The lowest BCUT2D eigenvalue weighted by Gasteiger charge is -2.30. The summed E-state index contributed by atoms with van der Waals surface area (Å²) in [7, 11) is 1.52. The topological polar surface area (TPSA) is 92.4 Å². The minimum atomic E-state index is -0.874. The molecule has 0 amide bonds. The minimum Gasteiger partial charge on any atom is -0.460 e. The largest absolute Gasteiger partial charge is 0.460 e. The molecule has 0 radical (unpaired) electrons. The molecule has 0 spiro atoms. The number of hydrogen-bond acceptors (Lipinski definition) is 6. The maximum absolute atomic E-state index is 12.5. The number of methoxy groups -OCH3 is 1. The minimum absolute atomic E-state index is 0.112. The van der Waals surface area contributed by atoms with Crippen LogP contribution in [0.4, 0.5) is 0 Å². The summed E-state index contributed by atoms with van der Waals surface area (Å²) in [4.78, 5) is 12.5. The lowest BCUT2D eigenvalue weighted by atomic mass is 9.78. The molecule has 24 heavy (non-hydrogen) atoms. The van der Waals surface area contributed by atoms with Crippen LogP contribution in [0.2, 0.25) is 0 Å². The first kappa shape index (κ1) is 17.7. The molecular formula is C18H20N2O4. The van der Waals surface area contributed by atoms with Crippen molar-refractivity contribution in [2.24, 2.45) is 5.92 Å². The quantitative estimate of drug-likeness (QED) is 0.662. The predicted molar refractivity (Wildman–Crippen MR) is 87.4 cm³/mol. The van der Waals surface area contributed by atoms with Gasteiger partial charge >= 0.3 is 5.97 Å². The van der Waals surface area contributed by atoms with E-state index in [0.29, 0.717) is 5.76 Å². The van der Waals surface area contributed by atoms with Gasteiger partial charge < -0.3 is 14.2 Å². The number of carbonyl (C=O) groups is 1. The first-order valence-corrected chi connectivity index (χ1v) is 7.59. The van der Waals surface area contributed by atoms with Gasteiger partial charge in [-0.1, -0.05) is 29.8 Å². The highest BCUT2D eigenvalue weighted by molar-refractivity contribution is 5.95. The van der Waals surface area contributed by atoms with Crippen molar-refractivity contribution in [2.75, 3.05) is 20.3 Å². The van der Waals surface area contributed by atoms with Crippen molar-refractivity contribution in [3.05, 3.63) is 46.7 Å². The van der Waals surface area contributed by atoms with Crippen LogP contribution >= 0.6 is 0 Å². The number of allylic oxidation sites excluding steroid dienone is 1. The molecule has 0 fully saturated rings. The Labute approximate surface area is 141 Å². The summed E-state index contributed by atoms with van der Waals surface area (Å²) in [6, 6.07) is 9.61. The molecule has 0 saturated heterocycles. The normalized spacial score (nSPS) is 20.3. The summed E-state index contributed by atoms with van der Waals surface area (Å²) < 4.78 is 15.4. The Kier molecular flexibility index (Phi) is 5.72. The van der Waals surface area contributed by atoms with Gasteiger partial charge in [0.05, 0.1) is 18.2 Å². The number of nitriles is 1. The van der Waals surface area contributed by atoms with Crippen LogP contribution in [-0.2, 0) is 19.0 Å². The highest BCUT2D eigenvalue weighted by atomic mass is 16.6. The fraction of sp³-hybridized carbons (Fsp3) is 0.389. The molecule has 2 unspecified atom stereocenters. The van der Waals surface area contributed by atoms with Crippen LogP contribution in [0.15, 0.2) is 35.6 Å². The van der Waals surface area contributed by atoms with Crippen molar-refractivity contribution in [1.82, 2.24) is 0 Å². The molecule has 6 nitrogen and oxygen atoms in total. The van der Waals surface area contributed by atoms with Gasteiger partial charge in [-0.2, -0.15) is 5.26 Å².